The van der Waals surface area contributed by atoms with Gasteiger partial charge < -0.3 is 0 Å². The standard InChI is InChI=1S/C27H35N/c1-2-3-4-22-5-7-23(8-6-22)9-10-24-11-13-25(14-12-24)15-16-26-17-19-27(21-28)20-18-26/h2,11-14,22-23,26-27H,1,3-10,17-20H2. The van der Waals surface area contributed by atoms with Gasteiger partial charge in [-0.3, -0.25) is 0 Å². The monoisotopic (exact) mass is 373 g/mol. The van der Waals surface area contributed by atoms with Gasteiger partial charge in [0.1, 0.15) is 0 Å². The lowest BCUT2D eigenvalue weighted by atomic mass is 9.78. The van der Waals surface area contributed by atoms with Crippen LogP contribution in [0, 0.1) is 46.8 Å². The van der Waals surface area contributed by atoms with Crippen molar-refractivity contribution in [2.75, 3.05) is 0 Å². The third-order valence-corrected chi connectivity index (χ3v) is 6.87. The summed E-state index contributed by atoms with van der Waals surface area (Å²) < 4.78 is 0. The van der Waals surface area contributed by atoms with Gasteiger partial charge in [0.25, 0.3) is 0 Å². The van der Waals surface area contributed by atoms with Crippen molar-refractivity contribution in [3.8, 4) is 17.9 Å². The maximum Gasteiger partial charge on any atom is 0.0655 e. The third kappa shape index (κ3) is 6.56. The fourth-order valence-corrected chi connectivity index (χ4v) is 4.84. The van der Waals surface area contributed by atoms with Gasteiger partial charge >= 0.3 is 0 Å². The van der Waals surface area contributed by atoms with E-state index >= 15 is 0 Å². The smallest absolute Gasteiger partial charge is 0.0655 e. The van der Waals surface area contributed by atoms with Gasteiger partial charge in [0.05, 0.1) is 6.07 Å². The minimum Gasteiger partial charge on any atom is -0.198 e. The lowest BCUT2D eigenvalue weighted by molar-refractivity contribution is 0.254. The quantitative estimate of drug-likeness (QED) is 0.386. The van der Waals surface area contributed by atoms with E-state index in [1.165, 1.54) is 56.9 Å². The molecule has 3 rings (SSSR count). The number of hydrogen-bond donors (Lipinski definition) is 0. The molecule has 0 aromatic heterocycles. The molecule has 0 saturated heterocycles. The summed E-state index contributed by atoms with van der Waals surface area (Å²) in [7, 11) is 0. The molecule has 0 aliphatic heterocycles. The highest BCUT2D eigenvalue weighted by atomic mass is 14.3. The zero-order valence-corrected chi connectivity index (χ0v) is 17.3. The molecule has 0 radical (unpaired) electrons. The van der Waals surface area contributed by atoms with E-state index in [4.69, 9.17) is 5.26 Å². The van der Waals surface area contributed by atoms with Crippen molar-refractivity contribution in [3.05, 3.63) is 48.0 Å². The molecule has 2 saturated carbocycles. The molecule has 0 N–H and O–H groups in total. The second-order valence-corrected chi connectivity index (χ2v) is 8.94. The van der Waals surface area contributed by atoms with Crippen LogP contribution in [0.5, 0.6) is 0 Å². The minimum atomic E-state index is 0.263. The molecular weight excluding hydrogens is 338 g/mol. The van der Waals surface area contributed by atoms with Crippen LogP contribution in [0.3, 0.4) is 0 Å². The molecule has 0 amide bonds. The van der Waals surface area contributed by atoms with E-state index in [-0.39, 0.29) is 5.92 Å². The molecule has 1 aromatic rings. The molecule has 0 bridgehead atoms. The fourth-order valence-electron chi connectivity index (χ4n) is 4.84. The lowest BCUT2D eigenvalue weighted by Gasteiger charge is -2.28. The van der Waals surface area contributed by atoms with Crippen molar-refractivity contribution in [3.63, 3.8) is 0 Å². The summed E-state index contributed by atoms with van der Waals surface area (Å²) in [5, 5.41) is 8.99. The first-order valence-electron chi connectivity index (χ1n) is 11.4. The molecule has 2 fully saturated rings. The molecule has 148 valence electrons. The van der Waals surface area contributed by atoms with Crippen molar-refractivity contribution in [1.82, 2.24) is 0 Å². The number of nitriles is 1. The SMILES string of the molecule is C=CCCC1CCC(CCc2ccc(C#CC3CCC(C#N)CC3)cc2)CC1. The lowest BCUT2D eigenvalue weighted by Crippen LogP contribution is -2.15. The van der Waals surface area contributed by atoms with Crippen LogP contribution in [0.25, 0.3) is 0 Å². The zero-order chi connectivity index (χ0) is 19.6. The van der Waals surface area contributed by atoms with E-state index in [1.807, 2.05) is 0 Å². The van der Waals surface area contributed by atoms with Gasteiger partial charge in [-0.15, -0.1) is 6.58 Å². The van der Waals surface area contributed by atoms with Gasteiger partial charge in [0.15, 0.2) is 0 Å². The molecular formula is C27H35N. The van der Waals surface area contributed by atoms with Crippen LogP contribution in [0.4, 0.5) is 0 Å². The molecule has 1 heteroatoms. The maximum atomic E-state index is 8.99. The van der Waals surface area contributed by atoms with Crippen LogP contribution in [-0.4, -0.2) is 0 Å². The molecule has 0 atom stereocenters. The summed E-state index contributed by atoms with van der Waals surface area (Å²) >= 11 is 0. The normalized spacial score (nSPS) is 27.2. The number of aryl methyl sites for hydroxylation is 1. The van der Waals surface area contributed by atoms with Crippen molar-refractivity contribution >= 4 is 0 Å². The van der Waals surface area contributed by atoms with Gasteiger partial charge in [-0.1, -0.05) is 55.7 Å². The Labute approximate surface area is 172 Å². The summed E-state index contributed by atoms with van der Waals surface area (Å²) in [6, 6.07) is 11.3. The third-order valence-electron chi connectivity index (χ3n) is 6.87. The van der Waals surface area contributed by atoms with Gasteiger partial charge in [-0.25, -0.2) is 0 Å². The summed E-state index contributed by atoms with van der Waals surface area (Å²) in [6.45, 7) is 3.85. The van der Waals surface area contributed by atoms with Crippen molar-refractivity contribution in [2.45, 2.75) is 77.0 Å². The molecule has 0 heterocycles. The van der Waals surface area contributed by atoms with E-state index in [2.05, 4.69) is 54.8 Å². The molecule has 0 spiro atoms. The van der Waals surface area contributed by atoms with Crippen LogP contribution in [0.1, 0.15) is 81.8 Å². The van der Waals surface area contributed by atoms with E-state index in [0.717, 1.165) is 43.1 Å². The van der Waals surface area contributed by atoms with E-state index < -0.39 is 0 Å². The fraction of sp³-hybridized carbons (Fsp3) is 0.593. The average molecular weight is 374 g/mol. The molecule has 2 aliphatic carbocycles. The summed E-state index contributed by atoms with van der Waals surface area (Å²) in [6.07, 6.45) is 17.0. The predicted octanol–water partition coefficient (Wildman–Crippen LogP) is 7.07. The van der Waals surface area contributed by atoms with Crippen LogP contribution < -0.4 is 0 Å². The highest BCUT2D eigenvalue weighted by molar-refractivity contribution is 5.36. The van der Waals surface area contributed by atoms with Gasteiger partial charge in [0.2, 0.25) is 0 Å². The first-order valence-corrected chi connectivity index (χ1v) is 11.4. The Morgan fingerprint density at radius 3 is 2.07 bits per heavy atom. The maximum absolute atomic E-state index is 8.99. The van der Waals surface area contributed by atoms with Crippen LogP contribution >= 0.6 is 0 Å². The average Bonchev–Trinajstić information content (AvgIpc) is 2.76. The summed E-state index contributed by atoms with van der Waals surface area (Å²) in [5.74, 6) is 9.41. The molecule has 2 aliphatic rings. The first kappa shape index (κ1) is 20.7. The predicted molar refractivity (Wildman–Crippen MR) is 118 cm³/mol. The van der Waals surface area contributed by atoms with Crippen molar-refractivity contribution in [2.24, 2.45) is 23.7 Å². The van der Waals surface area contributed by atoms with Gasteiger partial charge in [0, 0.05) is 17.4 Å². The zero-order valence-electron chi connectivity index (χ0n) is 17.3. The minimum absolute atomic E-state index is 0.263. The van der Waals surface area contributed by atoms with Crippen LogP contribution in [0.15, 0.2) is 36.9 Å². The highest BCUT2D eigenvalue weighted by Gasteiger charge is 2.20. The number of hydrogen-bond acceptors (Lipinski definition) is 1. The first-order chi connectivity index (χ1) is 13.8. The second-order valence-electron chi connectivity index (χ2n) is 8.94. The van der Waals surface area contributed by atoms with Crippen molar-refractivity contribution < 1.29 is 0 Å². The summed E-state index contributed by atoms with van der Waals surface area (Å²) in [5.41, 5.74) is 2.59. The van der Waals surface area contributed by atoms with E-state index in [9.17, 15) is 0 Å². The molecule has 28 heavy (non-hydrogen) atoms. The second kappa shape index (κ2) is 11.1. The Kier molecular flexibility index (Phi) is 8.23. The van der Waals surface area contributed by atoms with Crippen LogP contribution in [0.2, 0.25) is 0 Å². The Hall–Kier alpha value is -1.99. The molecule has 0 unspecified atom stereocenters. The Morgan fingerprint density at radius 2 is 1.46 bits per heavy atom. The summed E-state index contributed by atoms with van der Waals surface area (Å²) in [4.78, 5) is 0. The van der Waals surface area contributed by atoms with E-state index in [1.54, 1.807) is 0 Å². The Balaban J connectivity index is 1.39. The molecule has 1 aromatic carbocycles. The number of benzene rings is 1. The number of allylic oxidation sites excluding steroid dienone is 1. The number of nitrogens with zero attached hydrogens (tertiary/aromatic N) is 1. The van der Waals surface area contributed by atoms with E-state index in [0.29, 0.717) is 5.92 Å². The van der Waals surface area contributed by atoms with Crippen molar-refractivity contribution in [1.29, 1.82) is 5.26 Å². The highest BCUT2D eigenvalue weighted by Crippen LogP contribution is 2.34. The largest absolute Gasteiger partial charge is 0.198 e. The topological polar surface area (TPSA) is 23.8 Å². The van der Waals surface area contributed by atoms with Gasteiger partial charge in [-0.05, 0) is 80.9 Å². The Morgan fingerprint density at radius 1 is 0.857 bits per heavy atom. The molecule has 1 nitrogen and oxygen atoms in total. The Bertz CT molecular complexity index is 695. The van der Waals surface area contributed by atoms with Crippen LogP contribution in [-0.2, 0) is 6.42 Å². The number of rotatable bonds is 6. The van der Waals surface area contributed by atoms with Gasteiger partial charge in [-0.2, -0.15) is 5.26 Å².